The summed E-state index contributed by atoms with van der Waals surface area (Å²) in [5.74, 6) is 5.57. The first-order chi connectivity index (χ1) is 6.33. The smallest absolute Gasteiger partial charge is 0.295 e. The third-order valence-electron chi connectivity index (χ3n) is 1.86. The molecule has 1 N–H and O–H groups in total. The first kappa shape index (κ1) is 10.1. The van der Waals surface area contributed by atoms with Crippen molar-refractivity contribution in [1.82, 2.24) is 5.32 Å². The Morgan fingerprint density at radius 2 is 2.54 bits per heavy atom. The molecule has 3 nitrogen and oxygen atoms in total. The molecule has 0 aromatic heterocycles. The molecule has 0 bridgehead atoms. The molecule has 0 aromatic carbocycles. The van der Waals surface area contributed by atoms with Crippen LogP contribution in [0.25, 0.3) is 0 Å². The van der Waals surface area contributed by atoms with E-state index in [1.807, 2.05) is 6.92 Å². The highest BCUT2D eigenvalue weighted by molar-refractivity contribution is 5.93. The van der Waals surface area contributed by atoms with Crippen molar-refractivity contribution < 1.29 is 9.53 Å². The Hall–Kier alpha value is -1.01. The van der Waals surface area contributed by atoms with E-state index in [0.717, 1.165) is 19.4 Å². The Bertz CT molecular complexity index is 221. The molecule has 3 heteroatoms. The topological polar surface area (TPSA) is 38.3 Å². The zero-order chi connectivity index (χ0) is 9.52. The van der Waals surface area contributed by atoms with Gasteiger partial charge in [0.15, 0.2) is 0 Å². The second-order valence-corrected chi connectivity index (χ2v) is 3.09. The van der Waals surface area contributed by atoms with E-state index in [9.17, 15) is 4.79 Å². The first-order valence-corrected chi connectivity index (χ1v) is 4.70. The van der Waals surface area contributed by atoms with Gasteiger partial charge >= 0.3 is 0 Å². The fourth-order valence-corrected chi connectivity index (χ4v) is 1.10. The summed E-state index contributed by atoms with van der Waals surface area (Å²) in [6, 6.07) is 0. The van der Waals surface area contributed by atoms with Crippen LogP contribution >= 0.6 is 0 Å². The van der Waals surface area contributed by atoms with Gasteiger partial charge in [-0.1, -0.05) is 12.8 Å². The number of ether oxygens (including phenoxy) is 1. The minimum Gasteiger partial charge on any atom is -0.380 e. The molecule has 1 saturated heterocycles. The molecular formula is C10H15NO2. The van der Waals surface area contributed by atoms with Crippen LogP contribution in [0.5, 0.6) is 0 Å². The van der Waals surface area contributed by atoms with Crippen molar-refractivity contribution >= 4 is 5.91 Å². The Labute approximate surface area is 78.8 Å². The lowest BCUT2D eigenvalue weighted by atomic mass is 10.1. The van der Waals surface area contributed by atoms with Crippen LogP contribution in [0.2, 0.25) is 0 Å². The highest BCUT2D eigenvalue weighted by Crippen LogP contribution is 2.09. The van der Waals surface area contributed by atoms with Crippen molar-refractivity contribution in [1.29, 1.82) is 0 Å². The normalized spacial score (nSPS) is 20.5. The van der Waals surface area contributed by atoms with Gasteiger partial charge in [-0.3, -0.25) is 4.79 Å². The van der Waals surface area contributed by atoms with Crippen molar-refractivity contribution in [3.8, 4) is 11.8 Å². The lowest BCUT2D eigenvalue weighted by Crippen LogP contribution is -2.22. The van der Waals surface area contributed by atoms with E-state index in [4.69, 9.17) is 4.74 Å². The summed E-state index contributed by atoms with van der Waals surface area (Å²) in [4.78, 5) is 11.0. The van der Waals surface area contributed by atoms with Crippen LogP contribution in [0.4, 0.5) is 0 Å². The van der Waals surface area contributed by atoms with Crippen LogP contribution < -0.4 is 5.32 Å². The second kappa shape index (κ2) is 5.60. The fraction of sp³-hybridized carbons (Fsp3) is 0.700. The average Bonchev–Trinajstić information content (AvgIpc) is 2.64. The molecule has 0 saturated carbocycles. The lowest BCUT2D eigenvalue weighted by molar-refractivity contribution is -0.115. The van der Waals surface area contributed by atoms with Crippen LogP contribution in [0, 0.1) is 17.8 Å². The van der Waals surface area contributed by atoms with E-state index in [2.05, 4.69) is 17.2 Å². The van der Waals surface area contributed by atoms with E-state index >= 15 is 0 Å². The van der Waals surface area contributed by atoms with Gasteiger partial charge in [-0.15, -0.1) is 0 Å². The number of nitrogens with one attached hydrogen (secondary N) is 1. The number of carbonyl (C=O) groups excluding carboxylic acids is 1. The third-order valence-corrected chi connectivity index (χ3v) is 1.86. The van der Waals surface area contributed by atoms with Gasteiger partial charge in [0.2, 0.25) is 0 Å². The minimum atomic E-state index is -0.172. The fourth-order valence-electron chi connectivity index (χ4n) is 1.10. The molecular weight excluding hydrogens is 166 g/mol. The van der Waals surface area contributed by atoms with Gasteiger partial charge in [-0.2, -0.15) is 0 Å². The van der Waals surface area contributed by atoms with Crippen molar-refractivity contribution in [3.05, 3.63) is 0 Å². The Morgan fingerprint density at radius 3 is 3.15 bits per heavy atom. The van der Waals surface area contributed by atoms with Gasteiger partial charge < -0.3 is 10.1 Å². The molecule has 13 heavy (non-hydrogen) atoms. The molecule has 0 radical (unpaired) electrons. The highest BCUT2D eigenvalue weighted by atomic mass is 16.5. The molecule has 0 spiro atoms. The summed E-state index contributed by atoms with van der Waals surface area (Å²) in [6.45, 7) is 4.16. The van der Waals surface area contributed by atoms with Gasteiger partial charge in [-0.25, -0.2) is 0 Å². The predicted molar refractivity (Wildman–Crippen MR) is 50.0 cm³/mol. The monoisotopic (exact) mass is 181 g/mol. The second-order valence-electron chi connectivity index (χ2n) is 3.09. The Morgan fingerprint density at radius 1 is 1.69 bits per heavy atom. The minimum absolute atomic E-state index is 0.172. The average molecular weight is 181 g/mol. The van der Waals surface area contributed by atoms with Gasteiger partial charge in [0.1, 0.15) is 0 Å². The molecule has 1 aliphatic rings. The summed E-state index contributed by atoms with van der Waals surface area (Å²) < 4.78 is 5.14. The van der Waals surface area contributed by atoms with E-state index in [-0.39, 0.29) is 11.8 Å². The zero-order valence-electron chi connectivity index (χ0n) is 7.93. The van der Waals surface area contributed by atoms with Crippen LogP contribution in [0.1, 0.15) is 19.8 Å². The van der Waals surface area contributed by atoms with Crippen molar-refractivity contribution in [3.63, 3.8) is 0 Å². The molecule has 1 fully saturated rings. The maximum Gasteiger partial charge on any atom is 0.295 e. The summed E-state index contributed by atoms with van der Waals surface area (Å²) in [5.41, 5.74) is 0. The highest BCUT2D eigenvalue weighted by Gasteiger charge is 2.12. The molecule has 0 aliphatic carbocycles. The van der Waals surface area contributed by atoms with Crippen molar-refractivity contribution in [2.24, 2.45) is 5.92 Å². The molecule has 0 aromatic rings. The summed E-state index contributed by atoms with van der Waals surface area (Å²) in [6.07, 6.45) is 1.90. The predicted octanol–water partition coefficient (Wildman–Crippen LogP) is 0.552. The molecule has 1 atom stereocenters. The molecule has 72 valence electrons. The van der Waals surface area contributed by atoms with Gasteiger partial charge in [0, 0.05) is 19.1 Å². The number of hydrogen-bond acceptors (Lipinski definition) is 2. The van der Waals surface area contributed by atoms with E-state index in [0.29, 0.717) is 13.2 Å². The SMILES string of the molecule is CCCNC(=O)C#CC1CCOC1. The number of hydrogen-bond donors (Lipinski definition) is 1. The quantitative estimate of drug-likeness (QED) is 0.632. The Kier molecular flexibility index (Phi) is 4.34. The van der Waals surface area contributed by atoms with Gasteiger partial charge in [0.05, 0.1) is 6.61 Å². The van der Waals surface area contributed by atoms with Gasteiger partial charge in [0.25, 0.3) is 5.91 Å². The standard InChI is InChI=1S/C10H15NO2/c1-2-6-11-10(12)4-3-9-5-7-13-8-9/h9H,2,5-8H2,1H3,(H,11,12). The van der Waals surface area contributed by atoms with Crippen LogP contribution in [-0.2, 0) is 9.53 Å². The van der Waals surface area contributed by atoms with Crippen molar-refractivity contribution in [2.75, 3.05) is 19.8 Å². The molecule has 1 aliphatic heterocycles. The summed E-state index contributed by atoms with van der Waals surface area (Å²) in [7, 11) is 0. The van der Waals surface area contributed by atoms with Crippen molar-refractivity contribution in [2.45, 2.75) is 19.8 Å². The molecule has 1 unspecified atom stereocenters. The summed E-state index contributed by atoms with van der Waals surface area (Å²) in [5, 5.41) is 2.70. The maximum absolute atomic E-state index is 11.0. The molecule has 1 amide bonds. The Balaban J connectivity index is 2.24. The number of rotatable bonds is 2. The van der Waals surface area contributed by atoms with Gasteiger partial charge in [-0.05, 0) is 18.8 Å². The lowest BCUT2D eigenvalue weighted by Gasteiger charge is -1.96. The van der Waals surface area contributed by atoms with Crippen LogP contribution in [-0.4, -0.2) is 25.7 Å². The number of carbonyl (C=O) groups is 1. The summed E-state index contributed by atoms with van der Waals surface area (Å²) >= 11 is 0. The first-order valence-electron chi connectivity index (χ1n) is 4.70. The number of amides is 1. The van der Waals surface area contributed by atoms with Crippen LogP contribution in [0.3, 0.4) is 0 Å². The van der Waals surface area contributed by atoms with Crippen LogP contribution in [0.15, 0.2) is 0 Å². The maximum atomic E-state index is 11.0. The third kappa shape index (κ3) is 3.95. The van der Waals surface area contributed by atoms with E-state index in [1.165, 1.54) is 0 Å². The zero-order valence-corrected chi connectivity index (χ0v) is 7.93. The van der Waals surface area contributed by atoms with E-state index in [1.54, 1.807) is 0 Å². The largest absolute Gasteiger partial charge is 0.380 e. The molecule has 1 heterocycles. The van der Waals surface area contributed by atoms with E-state index < -0.39 is 0 Å². The molecule has 1 rings (SSSR count).